The quantitative estimate of drug-likeness (QED) is 0.646. The van der Waals surface area contributed by atoms with E-state index in [0.717, 1.165) is 31.3 Å². The van der Waals surface area contributed by atoms with Gasteiger partial charge < -0.3 is 0 Å². The molecule has 12 heavy (non-hydrogen) atoms. The summed E-state index contributed by atoms with van der Waals surface area (Å²) < 4.78 is 0. The van der Waals surface area contributed by atoms with Gasteiger partial charge >= 0.3 is 74.6 Å². The molecule has 2 atom stereocenters. The fraction of sp³-hybridized carbons (Fsp3) is 1.00. The fourth-order valence-electron chi connectivity index (χ4n) is 2.37. The van der Waals surface area contributed by atoms with Gasteiger partial charge in [-0.05, 0) is 0 Å². The number of hydrogen-bond acceptors (Lipinski definition) is 2. The van der Waals surface area contributed by atoms with Crippen molar-refractivity contribution in [3.63, 3.8) is 0 Å². The zero-order valence-corrected chi connectivity index (χ0v) is 9.08. The van der Waals surface area contributed by atoms with Crippen molar-refractivity contribution in [2.45, 2.75) is 38.6 Å². The van der Waals surface area contributed by atoms with Crippen LogP contribution in [0.5, 0.6) is 0 Å². The van der Waals surface area contributed by atoms with Gasteiger partial charge in [0, 0.05) is 0 Å². The fourth-order valence-corrected chi connectivity index (χ4v) is 6.59. The summed E-state index contributed by atoms with van der Waals surface area (Å²) in [5.41, 5.74) is 0. The molecule has 3 heteroatoms. The van der Waals surface area contributed by atoms with Crippen LogP contribution in [0.3, 0.4) is 0 Å². The predicted octanol–water partition coefficient (Wildman–Crippen LogP) is 1.25. The zero-order valence-electron chi connectivity index (χ0n) is 8.08. The zero-order chi connectivity index (χ0) is 9.19. The van der Waals surface area contributed by atoms with Gasteiger partial charge in [-0.2, -0.15) is 0 Å². The molecule has 2 nitrogen and oxygen atoms in total. The molecular formula is C9H21O2P. The number of hydrogen-bond donors (Lipinski definition) is 2. The van der Waals surface area contributed by atoms with Gasteiger partial charge in [-0.3, -0.25) is 0 Å². The van der Waals surface area contributed by atoms with Gasteiger partial charge in [0.15, 0.2) is 0 Å². The maximum atomic E-state index is 9.89. The molecule has 1 aliphatic rings. The van der Waals surface area contributed by atoms with Crippen LogP contribution in [0.25, 0.3) is 0 Å². The topological polar surface area (TPSA) is 40.5 Å². The molecule has 1 heterocycles. The molecule has 0 radical (unpaired) electrons. The summed E-state index contributed by atoms with van der Waals surface area (Å²) in [4.78, 5) is 0. The van der Waals surface area contributed by atoms with Crippen LogP contribution in [0.1, 0.15) is 26.7 Å². The molecule has 0 aromatic heterocycles. The molecule has 0 bridgehead atoms. The summed E-state index contributed by atoms with van der Waals surface area (Å²) >= 11 is 0. The second-order valence-electron chi connectivity index (χ2n) is 4.02. The molecular weight excluding hydrogens is 171 g/mol. The van der Waals surface area contributed by atoms with Crippen LogP contribution in [-0.2, 0) is 0 Å². The minimum atomic E-state index is -1.49. The van der Waals surface area contributed by atoms with Crippen molar-refractivity contribution in [3.05, 3.63) is 0 Å². The summed E-state index contributed by atoms with van der Waals surface area (Å²) in [6.07, 6.45) is 4.65. The molecule has 0 amide bonds. The molecule has 74 valence electrons. The summed E-state index contributed by atoms with van der Waals surface area (Å²) in [6.45, 7) is 4.33. The van der Waals surface area contributed by atoms with Crippen LogP contribution in [0.2, 0.25) is 0 Å². The standard InChI is InChI=1S/C9H21O2P/c1-3-12(4-2)7-8(10)5-6-9(12)11/h8-12H,3-7H2,1-2H3. The molecule has 2 N–H and O–H groups in total. The third kappa shape index (κ3) is 1.81. The summed E-state index contributed by atoms with van der Waals surface area (Å²) in [6, 6.07) is 0. The van der Waals surface area contributed by atoms with E-state index in [0.29, 0.717) is 0 Å². The second kappa shape index (κ2) is 4.04. The van der Waals surface area contributed by atoms with Crippen LogP contribution < -0.4 is 0 Å². The van der Waals surface area contributed by atoms with E-state index in [-0.39, 0.29) is 11.9 Å². The van der Waals surface area contributed by atoms with Gasteiger partial charge in [-0.15, -0.1) is 0 Å². The Labute approximate surface area is 75.3 Å². The molecule has 1 fully saturated rings. The monoisotopic (exact) mass is 192 g/mol. The van der Waals surface area contributed by atoms with Crippen LogP contribution in [-0.4, -0.2) is 40.6 Å². The Morgan fingerprint density at radius 1 is 1.17 bits per heavy atom. The molecule has 1 saturated heterocycles. The summed E-state index contributed by atoms with van der Waals surface area (Å²) in [7, 11) is -1.49. The average molecular weight is 192 g/mol. The first kappa shape index (κ1) is 10.4. The van der Waals surface area contributed by atoms with Crippen LogP contribution in [0.4, 0.5) is 0 Å². The van der Waals surface area contributed by atoms with E-state index in [1.807, 2.05) is 0 Å². The molecule has 1 aliphatic heterocycles. The average Bonchev–Trinajstić information content (AvgIpc) is 2.09. The van der Waals surface area contributed by atoms with Crippen molar-refractivity contribution in [1.29, 1.82) is 0 Å². The maximum absolute atomic E-state index is 9.89. The van der Waals surface area contributed by atoms with Crippen molar-refractivity contribution >= 4 is 7.26 Å². The first-order valence-electron chi connectivity index (χ1n) is 5.00. The second-order valence-corrected chi connectivity index (χ2v) is 9.23. The van der Waals surface area contributed by atoms with E-state index in [1.165, 1.54) is 0 Å². The van der Waals surface area contributed by atoms with Gasteiger partial charge in [0.2, 0.25) is 0 Å². The molecule has 0 spiro atoms. The van der Waals surface area contributed by atoms with Gasteiger partial charge in [0.05, 0.1) is 0 Å². The number of aliphatic hydroxyl groups is 2. The third-order valence-corrected chi connectivity index (χ3v) is 9.33. The van der Waals surface area contributed by atoms with E-state index >= 15 is 0 Å². The van der Waals surface area contributed by atoms with E-state index in [1.54, 1.807) is 0 Å². The van der Waals surface area contributed by atoms with Crippen molar-refractivity contribution in [3.8, 4) is 0 Å². The van der Waals surface area contributed by atoms with Gasteiger partial charge in [0.1, 0.15) is 0 Å². The molecule has 0 aromatic rings. The summed E-state index contributed by atoms with van der Waals surface area (Å²) in [5.74, 6) is -0.0594. The Kier molecular flexibility index (Phi) is 3.51. The summed E-state index contributed by atoms with van der Waals surface area (Å²) in [5, 5.41) is 19.4. The third-order valence-electron chi connectivity index (χ3n) is 3.53. The van der Waals surface area contributed by atoms with Crippen molar-refractivity contribution < 1.29 is 10.2 Å². The number of aliphatic hydroxyl groups excluding tert-OH is 2. The van der Waals surface area contributed by atoms with E-state index < -0.39 is 7.26 Å². The normalized spacial score (nSPS) is 37.7. The Morgan fingerprint density at radius 2 is 1.75 bits per heavy atom. The Bertz CT molecular complexity index is 145. The van der Waals surface area contributed by atoms with Crippen molar-refractivity contribution in [2.24, 2.45) is 0 Å². The SMILES string of the molecule is CC[PH]1(CC)CC(O)CCC1O. The first-order chi connectivity index (χ1) is 5.64. The predicted molar refractivity (Wildman–Crippen MR) is 55.5 cm³/mol. The van der Waals surface area contributed by atoms with Gasteiger partial charge in [-0.25, -0.2) is 0 Å². The van der Waals surface area contributed by atoms with Crippen molar-refractivity contribution in [1.82, 2.24) is 0 Å². The van der Waals surface area contributed by atoms with Crippen LogP contribution >= 0.6 is 7.26 Å². The number of rotatable bonds is 2. The Hall–Kier alpha value is 0.350. The van der Waals surface area contributed by atoms with E-state index in [4.69, 9.17) is 0 Å². The van der Waals surface area contributed by atoms with Crippen LogP contribution in [0, 0.1) is 0 Å². The molecule has 0 aromatic carbocycles. The Balaban J connectivity index is 2.68. The van der Waals surface area contributed by atoms with E-state index in [9.17, 15) is 10.2 Å². The molecule has 2 unspecified atom stereocenters. The Morgan fingerprint density at radius 3 is 2.17 bits per heavy atom. The van der Waals surface area contributed by atoms with Gasteiger partial charge in [-0.1, -0.05) is 0 Å². The molecule has 0 saturated carbocycles. The molecule has 0 aliphatic carbocycles. The van der Waals surface area contributed by atoms with Crippen molar-refractivity contribution in [2.75, 3.05) is 18.5 Å². The van der Waals surface area contributed by atoms with Gasteiger partial charge in [0.25, 0.3) is 0 Å². The van der Waals surface area contributed by atoms with Crippen LogP contribution in [0.15, 0.2) is 0 Å². The minimum absolute atomic E-state index is 0.0594. The van der Waals surface area contributed by atoms with E-state index in [2.05, 4.69) is 13.8 Å². The first-order valence-corrected chi connectivity index (χ1v) is 7.70. The molecule has 1 rings (SSSR count).